The zero-order valence-corrected chi connectivity index (χ0v) is 9.91. The minimum absolute atomic E-state index is 0.152. The molecule has 1 aromatic heterocycles. The van der Waals surface area contributed by atoms with Crippen LogP contribution in [0.15, 0.2) is 30.5 Å². The summed E-state index contributed by atoms with van der Waals surface area (Å²) in [5.74, 6) is -0.922. The summed E-state index contributed by atoms with van der Waals surface area (Å²) in [5, 5.41) is 3.84. The number of carbonyl (C=O) groups is 1. The van der Waals surface area contributed by atoms with E-state index in [4.69, 9.17) is 11.6 Å². The van der Waals surface area contributed by atoms with Crippen molar-refractivity contribution < 1.29 is 9.18 Å². The maximum Gasteiger partial charge on any atom is 0.212 e. The Bertz CT molecular complexity index is 565. The van der Waals surface area contributed by atoms with Gasteiger partial charge < -0.3 is 0 Å². The molecule has 17 heavy (non-hydrogen) atoms. The van der Waals surface area contributed by atoms with Gasteiger partial charge >= 0.3 is 0 Å². The number of hydrogen-bond donors (Lipinski definition) is 0. The van der Waals surface area contributed by atoms with Gasteiger partial charge in [0.2, 0.25) is 5.78 Å². The van der Waals surface area contributed by atoms with E-state index in [1.165, 1.54) is 24.4 Å². The average Bonchev–Trinajstić information content (AvgIpc) is 2.80. The van der Waals surface area contributed by atoms with Crippen LogP contribution in [0.2, 0.25) is 5.02 Å². The number of ketones is 1. The SMILES string of the molecule is CCn1nccc1C(=O)c1cccc(F)c1Cl. The summed E-state index contributed by atoms with van der Waals surface area (Å²) in [6, 6.07) is 5.77. The molecule has 0 spiro atoms. The van der Waals surface area contributed by atoms with Crippen molar-refractivity contribution in [2.45, 2.75) is 13.5 Å². The molecule has 1 heterocycles. The van der Waals surface area contributed by atoms with Crippen molar-refractivity contribution in [3.63, 3.8) is 0 Å². The van der Waals surface area contributed by atoms with Crippen LogP contribution in [-0.4, -0.2) is 15.6 Å². The van der Waals surface area contributed by atoms with E-state index in [1.54, 1.807) is 10.7 Å². The zero-order chi connectivity index (χ0) is 12.4. The van der Waals surface area contributed by atoms with Crippen LogP contribution >= 0.6 is 11.6 Å². The molecule has 0 fully saturated rings. The number of rotatable bonds is 3. The fraction of sp³-hybridized carbons (Fsp3) is 0.167. The van der Waals surface area contributed by atoms with Gasteiger partial charge in [-0.05, 0) is 25.1 Å². The average molecular weight is 253 g/mol. The Morgan fingerprint density at radius 3 is 2.94 bits per heavy atom. The predicted octanol–water partition coefficient (Wildman–Crippen LogP) is 2.93. The number of aryl methyl sites for hydroxylation is 1. The maximum absolute atomic E-state index is 13.3. The molecule has 5 heteroatoms. The monoisotopic (exact) mass is 252 g/mol. The quantitative estimate of drug-likeness (QED) is 0.788. The fourth-order valence-corrected chi connectivity index (χ4v) is 1.81. The van der Waals surface area contributed by atoms with Crippen LogP contribution in [0, 0.1) is 5.82 Å². The first kappa shape index (κ1) is 11.8. The molecule has 0 N–H and O–H groups in total. The lowest BCUT2D eigenvalue weighted by atomic mass is 10.1. The van der Waals surface area contributed by atoms with Crippen LogP contribution in [0.5, 0.6) is 0 Å². The molecule has 2 rings (SSSR count). The van der Waals surface area contributed by atoms with Gasteiger partial charge in [0.1, 0.15) is 11.5 Å². The summed E-state index contributed by atoms with van der Waals surface area (Å²) in [4.78, 5) is 12.1. The van der Waals surface area contributed by atoms with E-state index >= 15 is 0 Å². The highest BCUT2D eigenvalue weighted by atomic mass is 35.5. The van der Waals surface area contributed by atoms with Crippen LogP contribution in [0.4, 0.5) is 4.39 Å². The highest BCUT2D eigenvalue weighted by Crippen LogP contribution is 2.22. The second-order valence-electron chi connectivity index (χ2n) is 3.46. The van der Waals surface area contributed by atoms with E-state index in [0.717, 1.165) is 0 Å². The molecule has 0 unspecified atom stereocenters. The van der Waals surface area contributed by atoms with Gasteiger partial charge in [0.15, 0.2) is 0 Å². The third-order valence-electron chi connectivity index (χ3n) is 2.44. The van der Waals surface area contributed by atoms with Crippen LogP contribution in [0.3, 0.4) is 0 Å². The van der Waals surface area contributed by atoms with Gasteiger partial charge in [-0.15, -0.1) is 0 Å². The van der Waals surface area contributed by atoms with Gasteiger partial charge in [-0.3, -0.25) is 9.48 Å². The standard InChI is InChI=1S/C12H10ClFN2O/c1-2-16-10(6-7-15-16)12(17)8-4-3-5-9(14)11(8)13/h3-7H,2H2,1H3. The molecule has 0 aliphatic rings. The number of nitrogens with zero attached hydrogens (tertiary/aromatic N) is 2. The summed E-state index contributed by atoms with van der Waals surface area (Å²) < 4.78 is 14.8. The normalized spacial score (nSPS) is 10.5. The molecular weight excluding hydrogens is 243 g/mol. The van der Waals surface area contributed by atoms with Gasteiger partial charge in [-0.2, -0.15) is 5.10 Å². The van der Waals surface area contributed by atoms with Crippen molar-refractivity contribution in [1.29, 1.82) is 0 Å². The molecule has 0 aliphatic carbocycles. The molecule has 0 bridgehead atoms. The summed E-state index contributed by atoms with van der Waals surface area (Å²) in [5.41, 5.74) is 0.557. The zero-order valence-electron chi connectivity index (χ0n) is 9.15. The van der Waals surface area contributed by atoms with Crippen LogP contribution in [0.1, 0.15) is 23.0 Å². The van der Waals surface area contributed by atoms with Gasteiger partial charge in [0.25, 0.3) is 0 Å². The predicted molar refractivity (Wildman–Crippen MR) is 62.7 cm³/mol. The largest absolute Gasteiger partial charge is 0.287 e. The van der Waals surface area contributed by atoms with Gasteiger partial charge in [0, 0.05) is 18.3 Å². The molecule has 0 saturated carbocycles. The van der Waals surface area contributed by atoms with Gasteiger partial charge in [0.05, 0.1) is 5.02 Å². The lowest BCUT2D eigenvalue weighted by molar-refractivity contribution is 0.102. The Balaban J connectivity index is 2.48. The molecule has 0 aliphatic heterocycles. The molecule has 88 valence electrons. The van der Waals surface area contributed by atoms with Crippen molar-refractivity contribution in [2.24, 2.45) is 0 Å². The van der Waals surface area contributed by atoms with E-state index in [-0.39, 0.29) is 16.4 Å². The molecule has 2 aromatic rings. The lowest BCUT2D eigenvalue weighted by Gasteiger charge is -2.05. The first-order chi connectivity index (χ1) is 8.15. The summed E-state index contributed by atoms with van der Waals surface area (Å²) in [6.45, 7) is 2.44. The first-order valence-electron chi connectivity index (χ1n) is 5.15. The van der Waals surface area contributed by atoms with E-state index in [1.807, 2.05) is 6.92 Å². The minimum atomic E-state index is -0.597. The second kappa shape index (κ2) is 4.67. The fourth-order valence-electron chi connectivity index (χ4n) is 1.59. The van der Waals surface area contributed by atoms with E-state index in [9.17, 15) is 9.18 Å². The molecular formula is C12H10ClFN2O. The molecule has 0 amide bonds. The Kier molecular flexibility index (Phi) is 3.24. The summed E-state index contributed by atoms with van der Waals surface area (Å²) in [6.07, 6.45) is 1.53. The van der Waals surface area contributed by atoms with Crippen LogP contribution < -0.4 is 0 Å². The van der Waals surface area contributed by atoms with E-state index in [0.29, 0.717) is 12.2 Å². The first-order valence-corrected chi connectivity index (χ1v) is 5.53. The third kappa shape index (κ3) is 2.08. The Labute approximate surface area is 103 Å². The molecule has 0 saturated heterocycles. The summed E-state index contributed by atoms with van der Waals surface area (Å²) >= 11 is 5.78. The van der Waals surface area contributed by atoms with Crippen molar-refractivity contribution in [3.8, 4) is 0 Å². The van der Waals surface area contributed by atoms with Crippen molar-refractivity contribution in [3.05, 3.63) is 52.6 Å². The Hall–Kier alpha value is -1.68. The van der Waals surface area contributed by atoms with E-state index < -0.39 is 5.82 Å². The summed E-state index contributed by atoms with van der Waals surface area (Å²) in [7, 11) is 0. The molecule has 1 aromatic carbocycles. The molecule has 0 atom stereocenters. The lowest BCUT2D eigenvalue weighted by Crippen LogP contribution is -2.11. The Morgan fingerprint density at radius 1 is 1.47 bits per heavy atom. The Morgan fingerprint density at radius 2 is 2.24 bits per heavy atom. The maximum atomic E-state index is 13.3. The minimum Gasteiger partial charge on any atom is -0.287 e. The van der Waals surface area contributed by atoms with E-state index in [2.05, 4.69) is 5.10 Å². The van der Waals surface area contributed by atoms with Crippen molar-refractivity contribution in [1.82, 2.24) is 9.78 Å². The number of carbonyl (C=O) groups excluding carboxylic acids is 1. The molecule has 3 nitrogen and oxygen atoms in total. The van der Waals surface area contributed by atoms with Crippen LogP contribution in [0.25, 0.3) is 0 Å². The topological polar surface area (TPSA) is 34.9 Å². The number of benzene rings is 1. The number of hydrogen-bond acceptors (Lipinski definition) is 2. The van der Waals surface area contributed by atoms with Gasteiger partial charge in [-0.25, -0.2) is 4.39 Å². The van der Waals surface area contributed by atoms with Gasteiger partial charge in [-0.1, -0.05) is 17.7 Å². The highest BCUT2D eigenvalue weighted by molar-refractivity contribution is 6.35. The van der Waals surface area contributed by atoms with Crippen molar-refractivity contribution >= 4 is 17.4 Å². The van der Waals surface area contributed by atoms with Crippen LogP contribution in [-0.2, 0) is 6.54 Å². The number of halogens is 2. The third-order valence-corrected chi connectivity index (χ3v) is 2.83. The highest BCUT2D eigenvalue weighted by Gasteiger charge is 2.18. The smallest absolute Gasteiger partial charge is 0.212 e. The van der Waals surface area contributed by atoms with Crippen molar-refractivity contribution in [2.75, 3.05) is 0 Å². The number of aromatic nitrogens is 2. The second-order valence-corrected chi connectivity index (χ2v) is 3.84. The molecule has 0 radical (unpaired) electrons.